The number of amides is 1. The average Bonchev–Trinajstić information content (AvgIpc) is 3.42. The number of carbonyl (C=O) groups excluding carboxylic acids is 1. The summed E-state index contributed by atoms with van der Waals surface area (Å²) in [6.45, 7) is 7.80. The second-order valence-electron chi connectivity index (χ2n) is 20.7. The Morgan fingerprint density at radius 2 is 0.849 bits per heavy atom. The lowest BCUT2D eigenvalue weighted by Crippen LogP contribution is -2.62. The van der Waals surface area contributed by atoms with Gasteiger partial charge in [-0.1, -0.05) is 276 Å². The third-order valence-corrected chi connectivity index (χ3v) is 14.5. The van der Waals surface area contributed by atoms with Crippen molar-refractivity contribution in [3.63, 3.8) is 0 Å². The van der Waals surface area contributed by atoms with Crippen LogP contribution < -0.4 is 5.32 Å². The summed E-state index contributed by atoms with van der Waals surface area (Å²) in [6, 6.07) is 39.7. The number of hydrogen-bond acceptors (Lipinski definition) is 7. The molecule has 2 unspecified atom stereocenters. The third-order valence-electron chi connectivity index (χ3n) is 14.5. The zero-order valence-electron chi connectivity index (χ0n) is 45.0. The fourth-order valence-electron chi connectivity index (χ4n) is 10.1. The molecule has 0 spiro atoms. The highest BCUT2D eigenvalue weighted by Gasteiger charge is 2.49. The van der Waals surface area contributed by atoms with Gasteiger partial charge in [0.15, 0.2) is 0 Å². The van der Waals surface area contributed by atoms with E-state index in [1.807, 2.05) is 121 Å². The molecule has 8 heteroatoms. The molecule has 4 aromatic rings. The van der Waals surface area contributed by atoms with Crippen molar-refractivity contribution in [2.75, 3.05) is 6.61 Å². The van der Waals surface area contributed by atoms with Crippen LogP contribution in [0.2, 0.25) is 0 Å². The van der Waals surface area contributed by atoms with Crippen molar-refractivity contribution in [3.05, 3.63) is 156 Å². The first kappa shape index (κ1) is 59.7. The zero-order valence-corrected chi connectivity index (χ0v) is 45.0. The second-order valence-corrected chi connectivity index (χ2v) is 20.7. The molecule has 5 rings (SSSR count). The molecule has 0 saturated carbocycles. The predicted octanol–water partition coefficient (Wildman–Crippen LogP) is 15.5. The van der Waals surface area contributed by atoms with E-state index in [2.05, 4.69) is 18.8 Å². The molecular weight excluding hydrogens is 907 g/mol. The smallest absolute Gasteiger partial charge is 0.220 e. The summed E-state index contributed by atoms with van der Waals surface area (Å²) in [4.78, 5) is 13.7. The number of hydrogen-bond donors (Lipinski definition) is 2. The summed E-state index contributed by atoms with van der Waals surface area (Å²) in [5.74, 6) is -0.0874. The molecule has 1 saturated heterocycles. The largest absolute Gasteiger partial charge is 0.387 e. The van der Waals surface area contributed by atoms with Gasteiger partial charge in [-0.3, -0.25) is 4.79 Å². The van der Waals surface area contributed by atoms with Crippen molar-refractivity contribution in [1.82, 2.24) is 5.32 Å². The fraction of sp³-hybridized carbons (Fsp3) is 0.585. The first-order chi connectivity index (χ1) is 36.0. The molecule has 0 radical (unpaired) electrons. The highest BCUT2D eigenvalue weighted by molar-refractivity contribution is 5.76. The summed E-state index contributed by atoms with van der Waals surface area (Å²) in [7, 11) is 0. The third kappa shape index (κ3) is 25.3. The minimum atomic E-state index is -1.01. The van der Waals surface area contributed by atoms with Gasteiger partial charge in [0.1, 0.15) is 24.4 Å². The normalized spacial score (nSPS) is 18.6. The highest BCUT2D eigenvalue weighted by Crippen LogP contribution is 2.33. The molecule has 0 aromatic heterocycles. The van der Waals surface area contributed by atoms with Crippen molar-refractivity contribution >= 4 is 5.91 Å². The minimum absolute atomic E-state index is 0.0874. The molecule has 8 nitrogen and oxygen atoms in total. The van der Waals surface area contributed by atoms with Crippen molar-refractivity contribution in [3.8, 4) is 0 Å². The number of aliphatic hydroxyl groups excluding tert-OH is 1. The van der Waals surface area contributed by atoms with Crippen LogP contribution in [-0.2, 0) is 54.9 Å². The molecule has 4 aromatic carbocycles. The zero-order chi connectivity index (χ0) is 51.2. The fourth-order valence-corrected chi connectivity index (χ4v) is 10.1. The topological polar surface area (TPSA) is 95.5 Å². The first-order valence-electron chi connectivity index (χ1n) is 28.9. The number of nitrogens with one attached hydrogen (secondary N) is 1. The lowest BCUT2D eigenvalue weighted by atomic mass is 9.89. The molecular formula is C65H95NO7. The lowest BCUT2D eigenvalue weighted by Gasteiger charge is -2.47. The van der Waals surface area contributed by atoms with Gasteiger partial charge in [0.05, 0.1) is 51.3 Å². The van der Waals surface area contributed by atoms with Gasteiger partial charge in [0, 0.05) is 6.42 Å². The van der Waals surface area contributed by atoms with Gasteiger partial charge in [-0.05, 0) is 35.1 Å². The Hall–Kier alpha value is -4.15. The van der Waals surface area contributed by atoms with Crippen molar-refractivity contribution in [1.29, 1.82) is 0 Å². The van der Waals surface area contributed by atoms with Crippen LogP contribution in [-0.4, -0.2) is 60.3 Å². The molecule has 0 aliphatic carbocycles. The van der Waals surface area contributed by atoms with Crippen LogP contribution in [0, 0.1) is 0 Å². The molecule has 2 N–H and O–H groups in total. The Labute approximate surface area is 442 Å². The predicted molar refractivity (Wildman–Crippen MR) is 299 cm³/mol. The van der Waals surface area contributed by atoms with Crippen LogP contribution >= 0.6 is 0 Å². The summed E-state index contributed by atoms with van der Waals surface area (Å²) in [5.41, 5.74) is 4.10. The molecule has 402 valence electrons. The number of unbranched alkanes of at least 4 members (excludes halogenated alkanes) is 22. The van der Waals surface area contributed by atoms with Crippen molar-refractivity contribution in [2.45, 2.75) is 237 Å². The van der Waals surface area contributed by atoms with Crippen LogP contribution in [0.3, 0.4) is 0 Å². The first-order valence-corrected chi connectivity index (χ1v) is 28.9. The summed E-state index contributed by atoms with van der Waals surface area (Å²) >= 11 is 0. The van der Waals surface area contributed by atoms with E-state index in [-0.39, 0.29) is 18.9 Å². The van der Waals surface area contributed by atoms with Crippen LogP contribution in [0.15, 0.2) is 134 Å². The molecule has 1 heterocycles. The van der Waals surface area contributed by atoms with E-state index < -0.39 is 42.7 Å². The maximum absolute atomic E-state index is 13.7. The monoisotopic (exact) mass is 1000 g/mol. The van der Waals surface area contributed by atoms with E-state index in [1.165, 1.54) is 134 Å². The van der Waals surface area contributed by atoms with E-state index >= 15 is 0 Å². The van der Waals surface area contributed by atoms with Crippen LogP contribution in [0.25, 0.3) is 0 Å². The van der Waals surface area contributed by atoms with Gasteiger partial charge in [0.2, 0.25) is 5.91 Å². The SMILES string of the molecule is C=CC(O)C(C[C@H]1O[C@H](COCc2ccccc2)[C@H](OCc2ccccc2)[C@H](OCc2ccccc2)[C@H]1OCc1ccccc1)NC(=O)CCCCCCCCCCCCCCCCCCCCCCCCC. The van der Waals surface area contributed by atoms with Crippen LogP contribution in [0.4, 0.5) is 0 Å². The molecule has 1 fully saturated rings. The summed E-state index contributed by atoms with van der Waals surface area (Å²) in [6.07, 6.45) is 28.7. The van der Waals surface area contributed by atoms with E-state index in [4.69, 9.17) is 23.7 Å². The molecule has 0 bridgehead atoms. The van der Waals surface area contributed by atoms with Gasteiger partial charge < -0.3 is 34.1 Å². The number of benzene rings is 4. The van der Waals surface area contributed by atoms with E-state index in [0.717, 1.165) is 41.5 Å². The second kappa shape index (κ2) is 38.4. The number of ether oxygens (including phenoxy) is 5. The summed E-state index contributed by atoms with van der Waals surface area (Å²) < 4.78 is 34.2. The molecule has 1 aliphatic rings. The van der Waals surface area contributed by atoms with Gasteiger partial charge in [0.25, 0.3) is 0 Å². The minimum Gasteiger partial charge on any atom is -0.387 e. The maximum atomic E-state index is 13.7. The van der Waals surface area contributed by atoms with Crippen molar-refractivity contribution < 1.29 is 33.6 Å². The Morgan fingerprint density at radius 3 is 1.23 bits per heavy atom. The van der Waals surface area contributed by atoms with Crippen molar-refractivity contribution in [2.24, 2.45) is 0 Å². The van der Waals surface area contributed by atoms with Gasteiger partial charge in [-0.2, -0.15) is 0 Å². The molecule has 1 amide bonds. The molecule has 7 atom stereocenters. The van der Waals surface area contributed by atoms with Crippen LogP contribution in [0.1, 0.15) is 190 Å². The maximum Gasteiger partial charge on any atom is 0.220 e. The van der Waals surface area contributed by atoms with Gasteiger partial charge in [-0.25, -0.2) is 0 Å². The molecule has 73 heavy (non-hydrogen) atoms. The quantitative estimate of drug-likeness (QED) is 0.0337. The Bertz CT molecular complexity index is 1930. The number of aliphatic hydroxyl groups is 1. The lowest BCUT2D eigenvalue weighted by molar-refractivity contribution is -0.274. The Morgan fingerprint density at radius 1 is 0.507 bits per heavy atom. The standard InChI is InChI=1S/C65H95NO7/c1-3-5-6-7-8-9-10-11-12-13-14-15-16-17-18-19-20-21-22-23-24-25-38-47-62(68)66-58(59(67)4-2)48-60-63(70-50-55-41-32-27-33-42-55)65(72-52-57-45-36-29-37-46-57)64(71-51-56-43-34-28-35-44-56)61(73-60)53-69-49-54-39-30-26-31-40-54/h4,26-37,39-46,58-61,63-65,67H,2-3,5-25,38,47-53H2,1H3,(H,66,68)/t58?,59?,60-,61-,63+,64+,65-/m1/s1. The Kier molecular flexibility index (Phi) is 31.4. The van der Waals surface area contributed by atoms with E-state index in [9.17, 15) is 9.90 Å². The number of carbonyl (C=O) groups is 1. The summed E-state index contributed by atoms with van der Waals surface area (Å²) in [5, 5.41) is 14.6. The van der Waals surface area contributed by atoms with Gasteiger partial charge >= 0.3 is 0 Å². The van der Waals surface area contributed by atoms with Gasteiger partial charge in [-0.15, -0.1) is 6.58 Å². The average molecular weight is 1000 g/mol. The highest BCUT2D eigenvalue weighted by atomic mass is 16.6. The number of rotatable bonds is 42. The van der Waals surface area contributed by atoms with Crippen LogP contribution in [0.5, 0.6) is 0 Å². The van der Waals surface area contributed by atoms with E-state index in [1.54, 1.807) is 0 Å². The Balaban J connectivity index is 1.11. The molecule has 1 aliphatic heterocycles. The van der Waals surface area contributed by atoms with E-state index in [0.29, 0.717) is 32.8 Å².